The predicted molar refractivity (Wildman–Crippen MR) is 84.9 cm³/mol. The summed E-state index contributed by atoms with van der Waals surface area (Å²) in [7, 11) is 0. The lowest BCUT2D eigenvalue weighted by atomic mass is 10.1. The van der Waals surface area contributed by atoms with Gasteiger partial charge in [0.1, 0.15) is 5.75 Å². The van der Waals surface area contributed by atoms with Crippen molar-refractivity contribution in [2.24, 2.45) is 0 Å². The van der Waals surface area contributed by atoms with Crippen LogP contribution in [0.2, 0.25) is 0 Å². The Morgan fingerprint density at radius 3 is 3.00 bits per heavy atom. The Kier molecular flexibility index (Phi) is 4.23. The van der Waals surface area contributed by atoms with Crippen LogP contribution in [0.25, 0.3) is 0 Å². The Bertz CT molecular complexity index is 731. The van der Waals surface area contributed by atoms with Crippen molar-refractivity contribution in [3.63, 3.8) is 0 Å². The van der Waals surface area contributed by atoms with E-state index in [2.05, 4.69) is 15.6 Å². The van der Waals surface area contributed by atoms with Crippen LogP contribution in [0.5, 0.6) is 5.75 Å². The third kappa shape index (κ3) is 3.66. The molecule has 2 aromatic rings. The molecule has 0 aliphatic carbocycles. The fourth-order valence-electron chi connectivity index (χ4n) is 2.31. The molecule has 6 nitrogen and oxygen atoms in total. The topological polar surface area (TPSA) is 80.3 Å². The van der Waals surface area contributed by atoms with E-state index in [0.29, 0.717) is 18.0 Å². The summed E-state index contributed by atoms with van der Waals surface area (Å²) in [6.07, 6.45) is 1.41. The molecule has 6 heteroatoms. The van der Waals surface area contributed by atoms with Crippen LogP contribution < -0.4 is 15.4 Å². The van der Waals surface area contributed by atoms with Gasteiger partial charge in [-0.05, 0) is 36.8 Å². The third-order valence-electron chi connectivity index (χ3n) is 3.53. The number of benzene rings is 1. The summed E-state index contributed by atoms with van der Waals surface area (Å²) < 4.78 is 5.49. The van der Waals surface area contributed by atoms with Gasteiger partial charge < -0.3 is 15.4 Å². The summed E-state index contributed by atoms with van der Waals surface area (Å²) in [5.41, 5.74) is 2.21. The van der Waals surface area contributed by atoms with Gasteiger partial charge in [-0.2, -0.15) is 0 Å². The second kappa shape index (κ2) is 6.48. The first kappa shape index (κ1) is 15.0. The molecule has 0 spiro atoms. The Labute approximate surface area is 133 Å². The van der Waals surface area contributed by atoms with Crippen LogP contribution in [0.1, 0.15) is 18.2 Å². The van der Waals surface area contributed by atoms with Gasteiger partial charge in [-0.1, -0.05) is 12.1 Å². The minimum atomic E-state index is -0.505. The number of hydrogen-bond donors (Lipinski definition) is 2. The van der Waals surface area contributed by atoms with Crippen molar-refractivity contribution in [1.82, 2.24) is 10.3 Å². The number of fused-ring (bicyclic) bond motifs is 1. The minimum absolute atomic E-state index is 0.105. The second-order valence-electron chi connectivity index (χ2n) is 5.35. The van der Waals surface area contributed by atoms with E-state index in [1.54, 1.807) is 25.3 Å². The summed E-state index contributed by atoms with van der Waals surface area (Å²) in [6, 6.07) is 10.9. The number of pyridine rings is 1. The highest BCUT2D eigenvalue weighted by Gasteiger charge is 2.23. The number of aromatic nitrogens is 1. The second-order valence-corrected chi connectivity index (χ2v) is 5.35. The minimum Gasteiger partial charge on any atom is -0.479 e. The lowest BCUT2D eigenvalue weighted by Gasteiger charge is -2.23. The largest absolute Gasteiger partial charge is 0.479 e. The number of hydrogen-bond acceptors (Lipinski definition) is 4. The maximum absolute atomic E-state index is 12.0. The summed E-state index contributed by atoms with van der Waals surface area (Å²) in [4.78, 5) is 27.8. The van der Waals surface area contributed by atoms with Crippen molar-refractivity contribution in [1.29, 1.82) is 0 Å². The molecule has 0 bridgehead atoms. The van der Waals surface area contributed by atoms with Crippen molar-refractivity contribution in [3.05, 3.63) is 53.9 Å². The molecule has 1 aromatic carbocycles. The Morgan fingerprint density at radius 2 is 2.22 bits per heavy atom. The van der Waals surface area contributed by atoms with Gasteiger partial charge in [-0.3, -0.25) is 14.6 Å². The molecule has 23 heavy (non-hydrogen) atoms. The van der Waals surface area contributed by atoms with Gasteiger partial charge in [0.05, 0.1) is 24.3 Å². The van der Waals surface area contributed by atoms with Gasteiger partial charge in [0.25, 0.3) is 5.91 Å². The van der Waals surface area contributed by atoms with Crippen LogP contribution in [0.4, 0.5) is 5.69 Å². The average Bonchev–Trinajstić information content (AvgIpc) is 2.55. The number of rotatable bonds is 4. The number of carbonyl (C=O) groups is 2. The lowest BCUT2D eigenvalue weighted by molar-refractivity contribution is -0.122. The van der Waals surface area contributed by atoms with Crippen LogP contribution in [-0.2, 0) is 22.6 Å². The van der Waals surface area contributed by atoms with E-state index in [-0.39, 0.29) is 18.2 Å². The molecule has 1 atom stereocenters. The van der Waals surface area contributed by atoms with E-state index >= 15 is 0 Å². The van der Waals surface area contributed by atoms with E-state index < -0.39 is 6.10 Å². The van der Waals surface area contributed by atoms with Gasteiger partial charge in [0.15, 0.2) is 6.10 Å². The SMILES string of the molecule is CC1Oc2ccc(CC(=O)NCc3ccccn3)cc2NC1=O. The molecule has 118 valence electrons. The summed E-state index contributed by atoms with van der Waals surface area (Å²) in [5, 5.41) is 5.60. The fourth-order valence-corrected chi connectivity index (χ4v) is 2.31. The zero-order valence-electron chi connectivity index (χ0n) is 12.7. The first-order valence-electron chi connectivity index (χ1n) is 7.39. The van der Waals surface area contributed by atoms with E-state index in [1.807, 2.05) is 24.3 Å². The molecule has 2 N–H and O–H groups in total. The number of ether oxygens (including phenoxy) is 1. The first-order valence-corrected chi connectivity index (χ1v) is 7.39. The van der Waals surface area contributed by atoms with E-state index in [9.17, 15) is 9.59 Å². The Hall–Kier alpha value is -2.89. The molecule has 1 aliphatic heterocycles. The van der Waals surface area contributed by atoms with Gasteiger partial charge in [0.2, 0.25) is 5.91 Å². The first-order chi connectivity index (χ1) is 11.1. The molecule has 0 saturated carbocycles. The highest BCUT2D eigenvalue weighted by atomic mass is 16.5. The fraction of sp³-hybridized carbons (Fsp3) is 0.235. The normalized spacial score (nSPS) is 16.0. The van der Waals surface area contributed by atoms with Crippen LogP contribution in [0, 0.1) is 0 Å². The highest BCUT2D eigenvalue weighted by molar-refractivity contribution is 5.97. The highest BCUT2D eigenvalue weighted by Crippen LogP contribution is 2.30. The van der Waals surface area contributed by atoms with Crippen LogP contribution >= 0.6 is 0 Å². The standard InChI is InChI=1S/C17H17N3O3/c1-11-17(22)20-14-8-12(5-6-15(14)23-11)9-16(21)19-10-13-4-2-3-7-18-13/h2-8,11H,9-10H2,1H3,(H,19,21)(H,20,22). The zero-order valence-corrected chi connectivity index (χ0v) is 12.7. The lowest BCUT2D eigenvalue weighted by Crippen LogP contribution is -2.34. The molecule has 2 heterocycles. The monoisotopic (exact) mass is 311 g/mol. The van der Waals surface area contributed by atoms with Crippen LogP contribution in [0.15, 0.2) is 42.6 Å². The average molecular weight is 311 g/mol. The van der Waals surface area contributed by atoms with E-state index in [0.717, 1.165) is 11.3 Å². The molecule has 2 amide bonds. The molecular weight excluding hydrogens is 294 g/mol. The maximum atomic E-state index is 12.0. The molecular formula is C17H17N3O3. The van der Waals surface area contributed by atoms with Crippen molar-refractivity contribution >= 4 is 17.5 Å². The van der Waals surface area contributed by atoms with Crippen LogP contribution in [-0.4, -0.2) is 22.9 Å². The molecule has 0 saturated heterocycles. The third-order valence-corrected chi connectivity index (χ3v) is 3.53. The molecule has 0 fully saturated rings. The van der Waals surface area contributed by atoms with Crippen molar-refractivity contribution in [2.45, 2.75) is 26.0 Å². The Morgan fingerprint density at radius 1 is 1.35 bits per heavy atom. The smallest absolute Gasteiger partial charge is 0.265 e. The quantitative estimate of drug-likeness (QED) is 0.900. The van der Waals surface area contributed by atoms with Crippen LogP contribution in [0.3, 0.4) is 0 Å². The molecule has 3 rings (SSSR count). The number of anilines is 1. The number of nitrogens with one attached hydrogen (secondary N) is 2. The van der Waals surface area contributed by atoms with E-state index in [4.69, 9.17) is 4.74 Å². The summed E-state index contributed by atoms with van der Waals surface area (Å²) in [5.74, 6) is 0.330. The number of amides is 2. The van der Waals surface area contributed by atoms with Crippen molar-refractivity contribution in [2.75, 3.05) is 5.32 Å². The van der Waals surface area contributed by atoms with Gasteiger partial charge >= 0.3 is 0 Å². The number of nitrogens with zero attached hydrogens (tertiary/aromatic N) is 1. The summed E-state index contributed by atoms with van der Waals surface area (Å²) >= 11 is 0. The maximum Gasteiger partial charge on any atom is 0.265 e. The Balaban J connectivity index is 1.61. The number of carbonyl (C=O) groups excluding carboxylic acids is 2. The molecule has 0 radical (unpaired) electrons. The summed E-state index contributed by atoms with van der Waals surface area (Å²) in [6.45, 7) is 2.08. The molecule has 1 aromatic heterocycles. The zero-order chi connectivity index (χ0) is 16.2. The van der Waals surface area contributed by atoms with Crippen molar-refractivity contribution in [3.8, 4) is 5.75 Å². The molecule has 1 unspecified atom stereocenters. The molecule has 1 aliphatic rings. The van der Waals surface area contributed by atoms with Crippen molar-refractivity contribution < 1.29 is 14.3 Å². The van der Waals surface area contributed by atoms with Gasteiger partial charge in [-0.15, -0.1) is 0 Å². The van der Waals surface area contributed by atoms with Gasteiger partial charge in [0, 0.05) is 6.20 Å². The van der Waals surface area contributed by atoms with E-state index in [1.165, 1.54) is 0 Å². The van der Waals surface area contributed by atoms with Gasteiger partial charge in [-0.25, -0.2) is 0 Å². The predicted octanol–water partition coefficient (Wildman–Crippen LogP) is 1.66.